The normalized spacial score (nSPS) is 24.4. The molecule has 0 spiro atoms. The first kappa shape index (κ1) is 15.1. The average molecular weight is 324 g/mol. The molecular formula is C12H15Cl2NO3S. The Balaban J connectivity index is 2.25. The predicted molar refractivity (Wildman–Crippen MR) is 76.0 cm³/mol. The van der Waals surface area contributed by atoms with Gasteiger partial charge in [-0.1, -0.05) is 29.3 Å². The number of hydrogen-bond donors (Lipinski definition) is 1. The van der Waals surface area contributed by atoms with Crippen molar-refractivity contribution < 1.29 is 13.2 Å². The molecule has 0 bridgehead atoms. The lowest BCUT2D eigenvalue weighted by Gasteiger charge is -2.30. The number of hydrogen-bond acceptors (Lipinski definition) is 3. The molecule has 0 aromatic heterocycles. The zero-order valence-electron chi connectivity index (χ0n) is 10.2. The molecule has 1 heterocycles. The molecule has 19 heavy (non-hydrogen) atoms. The first-order valence-corrected chi connectivity index (χ1v) is 8.28. The van der Waals surface area contributed by atoms with Crippen LogP contribution in [-0.2, 0) is 21.2 Å². The van der Waals surface area contributed by atoms with E-state index in [1.165, 1.54) is 0 Å². The number of halogens is 2. The molecule has 0 radical (unpaired) electrons. The van der Waals surface area contributed by atoms with E-state index in [4.69, 9.17) is 33.1 Å². The Bertz CT molecular complexity index is 542. The summed E-state index contributed by atoms with van der Waals surface area (Å²) in [5, 5.41) is 5.74. The molecule has 0 aliphatic carbocycles. The van der Waals surface area contributed by atoms with Crippen molar-refractivity contribution in [1.29, 1.82) is 0 Å². The fraction of sp³-hybridized carbons (Fsp3) is 0.500. The van der Waals surface area contributed by atoms with Gasteiger partial charge < -0.3 is 4.74 Å². The van der Waals surface area contributed by atoms with Gasteiger partial charge in [-0.2, -0.15) is 0 Å². The molecule has 1 aliphatic rings. The van der Waals surface area contributed by atoms with Crippen LogP contribution in [0.2, 0.25) is 10.0 Å². The SMILES string of the molecule is NS(=O)(=O)[C@H]1CCOC[C@H]1Cc1c(Cl)cccc1Cl. The van der Waals surface area contributed by atoms with E-state index >= 15 is 0 Å². The third kappa shape index (κ3) is 3.61. The molecule has 2 atom stereocenters. The van der Waals surface area contributed by atoms with Crippen LogP contribution in [-0.4, -0.2) is 26.9 Å². The van der Waals surface area contributed by atoms with Crippen LogP contribution < -0.4 is 5.14 Å². The maximum Gasteiger partial charge on any atom is 0.212 e. The summed E-state index contributed by atoms with van der Waals surface area (Å²) in [7, 11) is -3.59. The summed E-state index contributed by atoms with van der Waals surface area (Å²) in [4.78, 5) is 0. The molecule has 106 valence electrons. The zero-order valence-corrected chi connectivity index (χ0v) is 12.5. The molecule has 2 rings (SSSR count). The molecule has 7 heteroatoms. The lowest BCUT2D eigenvalue weighted by molar-refractivity contribution is 0.0573. The highest BCUT2D eigenvalue weighted by Crippen LogP contribution is 2.31. The fourth-order valence-electron chi connectivity index (χ4n) is 2.39. The van der Waals surface area contributed by atoms with E-state index in [1.807, 2.05) is 0 Å². The molecule has 0 amide bonds. The van der Waals surface area contributed by atoms with Crippen LogP contribution in [0.25, 0.3) is 0 Å². The van der Waals surface area contributed by atoms with Crippen LogP contribution >= 0.6 is 23.2 Å². The van der Waals surface area contributed by atoms with Gasteiger partial charge in [-0.25, -0.2) is 13.6 Å². The van der Waals surface area contributed by atoms with Crippen molar-refractivity contribution in [2.45, 2.75) is 18.1 Å². The monoisotopic (exact) mass is 323 g/mol. The van der Waals surface area contributed by atoms with Crippen LogP contribution in [0.4, 0.5) is 0 Å². The predicted octanol–water partition coefficient (Wildman–Crippen LogP) is 2.23. The second kappa shape index (κ2) is 5.97. The lowest BCUT2D eigenvalue weighted by atomic mass is 9.93. The third-order valence-electron chi connectivity index (χ3n) is 3.35. The Kier molecular flexibility index (Phi) is 4.74. The summed E-state index contributed by atoms with van der Waals surface area (Å²) in [5.74, 6) is -0.221. The van der Waals surface area contributed by atoms with Gasteiger partial charge in [0.1, 0.15) is 0 Å². The Morgan fingerprint density at radius 3 is 2.53 bits per heavy atom. The standard InChI is InChI=1S/C12H15Cl2NO3S/c13-10-2-1-3-11(14)9(10)6-8-7-18-5-4-12(8)19(15,16)17/h1-3,8,12H,4-7H2,(H2,15,16,17)/t8-,12+/m1/s1. The highest BCUT2D eigenvalue weighted by atomic mass is 35.5. The number of rotatable bonds is 3. The molecule has 1 aliphatic heterocycles. The quantitative estimate of drug-likeness (QED) is 0.927. The molecule has 4 nitrogen and oxygen atoms in total. The van der Waals surface area contributed by atoms with Crippen LogP contribution in [0, 0.1) is 5.92 Å². The van der Waals surface area contributed by atoms with E-state index < -0.39 is 15.3 Å². The van der Waals surface area contributed by atoms with Crippen molar-refractivity contribution in [2.75, 3.05) is 13.2 Å². The van der Waals surface area contributed by atoms with E-state index in [2.05, 4.69) is 0 Å². The van der Waals surface area contributed by atoms with Gasteiger partial charge in [0.05, 0.1) is 11.9 Å². The number of benzene rings is 1. The lowest BCUT2D eigenvalue weighted by Crippen LogP contribution is -2.42. The van der Waals surface area contributed by atoms with Crippen LogP contribution in [0.15, 0.2) is 18.2 Å². The molecule has 0 unspecified atom stereocenters. The number of nitrogens with two attached hydrogens (primary N) is 1. The number of sulfonamides is 1. The molecule has 2 N–H and O–H groups in total. The summed E-state index contributed by atoms with van der Waals surface area (Å²) in [6.45, 7) is 0.760. The van der Waals surface area contributed by atoms with Crippen molar-refractivity contribution >= 4 is 33.2 Å². The molecule has 1 saturated heterocycles. The maximum atomic E-state index is 11.6. The zero-order chi connectivity index (χ0) is 14.0. The summed E-state index contributed by atoms with van der Waals surface area (Å²) in [6.07, 6.45) is 0.852. The highest BCUT2D eigenvalue weighted by molar-refractivity contribution is 7.89. The van der Waals surface area contributed by atoms with Crippen molar-refractivity contribution in [3.8, 4) is 0 Å². The van der Waals surface area contributed by atoms with Crippen molar-refractivity contribution in [3.63, 3.8) is 0 Å². The second-order valence-electron chi connectivity index (χ2n) is 4.66. The average Bonchev–Trinajstić information content (AvgIpc) is 2.33. The van der Waals surface area contributed by atoms with E-state index in [9.17, 15) is 8.42 Å². The van der Waals surface area contributed by atoms with Gasteiger partial charge in [-0.3, -0.25) is 0 Å². The van der Waals surface area contributed by atoms with E-state index in [-0.39, 0.29) is 5.92 Å². The van der Waals surface area contributed by atoms with Crippen LogP contribution in [0.5, 0.6) is 0 Å². The smallest absolute Gasteiger partial charge is 0.212 e. The van der Waals surface area contributed by atoms with Gasteiger partial charge in [0.15, 0.2) is 0 Å². The third-order valence-corrected chi connectivity index (χ3v) is 5.53. The topological polar surface area (TPSA) is 69.4 Å². The van der Waals surface area contributed by atoms with Crippen LogP contribution in [0.3, 0.4) is 0 Å². The molecule has 0 saturated carbocycles. The molecule has 1 fully saturated rings. The first-order chi connectivity index (χ1) is 8.89. The van der Waals surface area contributed by atoms with Gasteiger partial charge in [-0.05, 0) is 30.5 Å². The van der Waals surface area contributed by atoms with E-state index in [0.29, 0.717) is 36.1 Å². The van der Waals surface area contributed by atoms with E-state index in [0.717, 1.165) is 5.56 Å². The largest absolute Gasteiger partial charge is 0.381 e. The second-order valence-corrected chi connectivity index (χ2v) is 7.25. The van der Waals surface area contributed by atoms with Gasteiger partial charge in [0, 0.05) is 22.6 Å². The van der Waals surface area contributed by atoms with Gasteiger partial charge in [0.2, 0.25) is 10.0 Å². The summed E-state index contributed by atoms with van der Waals surface area (Å²) in [5.41, 5.74) is 0.745. The number of primary sulfonamides is 1. The van der Waals surface area contributed by atoms with Crippen LogP contribution in [0.1, 0.15) is 12.0 Å². The minimum atomic E-state index is -3.59. The maximum absolute atomic E-state index is 11.6. The Morgan fingerprint density at radius 1 is 1.32 bits per heavy atom. The van der Waals surface area contributed by atoms with Crippen molar-refractivity contribution in [3.05, 3.63) is 33.8 Å². The number of ether oxygens (including phenoxy) is 1. The van der Waals surface area contributed by atoms with Gasteiger partial charge in [-0.15, -0.1) is 0 Å². The molecular weight excluding hydrogens is 309 g/mol. The summed E-state index contributed by atoms with van der Waals surface area (Å²) >= 11 is 12.2. The minimum absolute atomic E-state index is 0.221. The molecule has 1 aromatic carbocycles. The molecule has 1 aromatic rings. The Hall–Kier alpha value is -0.330. The van der Waals surface area contributed by atoms with Gasteiger partial charge in [0.25, 0.3) is 0 Å². The van der Waals surface area contributed by atoms with E-state index in [1.54, 1.807) is 18.2 Å². The van der Waals surface area contributed by atoms with Crippen molar-refractivity contribution in [2.24, 2.45) is 11.1 Å². The fourth-order valence-corrected chi connectivity index (χ4v) is 4.08. The summed E-state index contributed by atoms with van der Waals surface area (Å²) < 4.78 is 28.6. The van der Waals surface area contributed by atoms with Gasteiger partial charge >= 0.3 is 0 Å². The Morgan fingerprint density at radius 2 is 1.95 bits per heavy atom. The minimum Gasteiger partial charge on any atom is -0.381 e. The summed E-state index contributed by atoms with van der Waals surface area (Å²) in [6, 6.07) is 5.22. The first-order valence-electron chi connectivity index (χ1n) is 5.92. The highest BCUT2D eigenvalue weighted by Gasteiger charge is 2.34. The Labute approximate surface area is 122 Å². The van der Waals surface area contributed by atoms with Crippen molar-refractivity contribution in [1.82, 2.24) is 0 Å².